The molecule has 3 aromatic rings. The van der Waals surface area contributed by atoms with Crippen molar-refractivity contribution in [2.75, 3.05) is 18.4 Å². The van der Waals surface area contributed by atoms with Gasteiger partial charge in [-0.05, 0) is 63.3 Å². The Labute approximate surface area is 200 Å². The maximum atomic E-state index is 13.5. The molecular weight excluding hydrogens is 457 g/mol. The van der Waals surface area contributed by atoms with Crippen LogP contribution in [-0.2, 0) is 17.6 Å². The number of halogens is 1. The molecule has 1 fully saturated rings. The van der Waals surface area contributed by atoms with Crippen LogP contribution in [0, 0.1) is 5.82 Å². The van der Waals surface area contributed by atoms with E-state index in [0.29, 0.717) is 34.4 Å². The molecule has 0 radical (unpaired) electrons. The van der Waals surface area contributed by atoms with Crippen LogP contribution in [0.4, 0.5) is 9.39 Å². The molecule has 3 N–H and O–H groups in total. The van der Waals surface area contributed by atoms with E-state index in [-0.39, 0.29) is 17.6 Å². The van der Waals surface area contributed by atoms with Crippen LogP contribution >= 0.6 is 11.3 Å². The number of hydrogen-bond acceptors (Lipinski definition) is 7. The third-order valence-corrected chi connectivity index (χ3v) is 7.87. The van der Waals surface area contributed by atoms with Crippen molar-refractivity contribution in [3.8, 4) is 11.4 Å². The highest BCUT2D eigenvalue weighted by atomic mass is 32.1. The summed E-state index contributed by atoms with van der Waals surface area (Å²) >= 11 is 1.46. The SMILES string of the molecule is CC(C(=O)Nc1sc2c(c1C(N)=O)CCC2)N1CCCC(c2nc(-c3cccc(F)c3)no2)C1. The highest BCUT2D eigenvalue weighted by Gasteiger charge is 2.33. The van der Waals surface area contributed by atoms with E-state index in [2.05, 4.69) is 20.4 Å². The zero-order valence-corrected chi connectivity index (χ0v) is 19.7. The van der Waals surface area contributed by atoms with Gasteiger partial charge in [0.2, 0.25) is 17.6 Å². The van der Waals surface area contributed by atoms with Crippen molar-refractivity contribution in [2.24, 2.45) is 5.73 Å². The second-order valence-electron chi connectivity index (χ2n) is 8.89. The van der Waals surface area contributed by atoms with Gasteiger partial charge in [-0.3, -0.25) is 14.5 Å². The summed E-state index contributed by atoms with van der Waals surface area (Å²) in [7, 11) is 0. The number of anilines is 1. The number of nitrogens with one attached hydrogen (secondary N) is 1. The maximum Gasteiger partial charge on any atom is 0.251 e. The van der Waals surface area contributed by atoms with E-state index < -0.39 is 11.9 Å². The lowest BCUT2D eigenvalue weighted by molar-refractivity contribution is -0.121. The first-order valence-corrected chi connectivity index (χ1v) is 12.3. The van der Waals surface area contributed by atoms with E-state index in [1.165, 1.54) is 23.5 Å². The minimum atomic E-state index is -0.495. The molecule has 34 heavy (non-hydrogen) atoms. The molecule has 3 heterocycles. The van der Waals surface area contributed by atoms with Crippen molar-refractivity contribution >= 4 is 28.2 Å². The van der Waals surface area contributed by atoms with Crippen LogP contribution in [0.15, 0.2) is 28.8 Å². The van der Waals surface area contributed by atoms with Crippen molar-refractivity contribution < 1.29 is 18.5 Å². The van der Waals surface area contributed by atoms with Gasteiger partial charge in [0.1, 0.15) is 10.8 Å². The predicted molar refractivity (Wildman–Crippen MR) is 126 cm³/mol. The predicted octanol–water partition coefficient (Wildman–Crippen LogP) is 3.73. The molecule has 2 amide bonds. The minimum absolute atomic E-state index is 0.0227. The Morgan fingerprint density at radius 3 is 2.97 bits per heavy atom. The van der Waals surface area contributed by atoms with Gasteiger partial charge in [-0.15, -0.1) is 11.3 Å². The van der Waals surface area contributed by atoms with Crippen LogP contribution in [0.25, 0.3) is 11.4 Å². The Hall–Kier alpha value is -3.11. The number of amides is 2. The van der Waals surface area contributed by atoms with Crippen LogP contribution in [0.2, 0.25) is 0 Å². The molecular formula is C24H26FN5O3S. The van der Waals surface area contributed by atoms with E-state index >= 15 is 0 Å². The van der Waals surface area contributed by atoms with Crippen LogP contribution in [0.1, 0.15) is 58.8 Å². The van der Waals surface area contributed by atoms with E-state index in [4.69, 9.17) is 10.3 Å². The number of benzene rings is 1. The highest BCUT2D eigenvalue weighted by Crippen LogP contribution is 2.39. The molecule has 1 saturated heterocycles. The third-order valence-electron chi connectivity index (χ3n) is 6.66. The number of carbonyl (C=O) groups is 2. The summed E-state index contributed by atoms with van der Waals surface area (Å²) in [6.45, 7) is 3.21. The number of fused-ring (bicyclic) bond motifs is 1. The van der Waals surface area contributed by atoms with Crippen molar-refractivity contribution in [1.29, 1.82) is 0 Å². The fourth-order valence-electron chi connectivity index (χ4n) is 4.84. The Morgan fingerprint density at radius 1 is 1.32 bits per heavy atom. The summed E-state index contributed by atoms with van der Waals surface area (Å²) in [4.78, 5) is 32.8. The van der Waals surface area contributed by atoms with E-state index in [0.717, 1.165) is 49.1 Å². The standard InChI is InChI=1S/C24H26FN5O3S/c1-13(22(32)28-24-19(20(26)31)17-8-3-9-18(17)34-24)30-10-4-6-15(12-30)23-27-21(29-33-23)14-5-2-7-16(25)11-14/h2,5,7,11,13,15H,3-4,6,8-10,12H2,1H3,(H2,26,31)(H,28,32). The molecule has 0 bridgehead atoms. The van der Waals surface area contributed by atoms with Crippen molar-refractivity contribution in [3.63, 3.8) is 0 Å². The van der Waals surface area contributed by atoms with Gasteiger partial charge in [0.15, 0.2) is 0 Å². The zero-order valence-electron chi connectivity index (χ0n) is 18.8. The number of nitrogens with zero attached hydrogens (tertiary/aromatic N) is 3. The largest absolute Gasteiger partial charge is 0.365 e. The molecule has 2 unspecified atom stereocenters. The number of carbonyl (C=O) groups excluding carboxylic acids is 2. The third kappa shape index (κ3) is 4.35. The van der Waals surface area contributed by atoms with Gasteiger partial charge in [0.05, 0.1) is 17.5 Å². The molecule has 0 spiro atoms. The fourth-order valence-corrected chi connectivity index (χ4v) is 6.14. The molecule has 2 aromatic heterocycles. The summed E-state index contributed by atoms with van der Waals surface area (Å²) in [6, 6.07) is 5.67. The highest BCUT2D eigenvalue weighted by molar-refractivity contribution is 7.17. The Morgan fingerprint density at radius 2 is 2.18 bits per heavy atom. The summed E-state index contributed by atoms with van der Waals surface area (Å²) in [6.07, 6.45) is 4.49. The van der Waals surface area contributed by atoms with Crippen molar-refractivity contribution in [3.05, 3.63) is 52.0 Å². The van der Waals surface area contributed by atoms with Gasteiger partial charge < -0.3 is 15.6 Å². The lowest BCUT2D eigenvalue weighted by Gasteiger charge is -2.34. The number of nitrogens with two attached hydrogens (primary N) is 1. The molecule has 0 saturated carbocycles. The maximum absolute atomic E-state index is 13.5. The van der Waals surface area contributed by atoms with Crippen molar-refractivity contribution in [2.45, 2.75) is 51.0 Å². The van der Waals surface area contributed by atoms with E-state index in [1.54, 1.807) is 12.1 Å². The number of aromatic nitrogens is 2. The van der Waals surface area contributed by atoms with Gasteiger partial charge >= 0.3 is 0 Å². The average molecular weight is 484 g/mol. The zero-order chi connectivity index (χ0) is 23.8. The Balaban J connectivity index is 1.27. The molecule has 5 rings (SSSR count). The number of piperidine rings is 1. The number of thiophene rings is 1. The second kappa shape index (κ2) is 9.27. The van der Waals surface area contributed by atoms with Crippen LogP contribution in [0.5, 0.6) is 0 Å². The number of rotatable bonds is 6. The fraction of sp³-hybridized carbons (Fsp3) is 0.417. The first kappa shape index (κ1) is 22.7. The van der Waals surface area contributed by atoms with Gasteiger partial charge in [-0.25, -0.2) is 4.39 Å². The number of aryl methyl sites for hydroxylation is 1. The minimum Gasteiger partial charge on any atom is -0.365 e. The molecule has 2 aliphatic rings. The average Bonchev–Trinajstić information content (AvgIpc) is 3.55. The first-order chi connectivity index (χ1) is 16.4. The number of primary amides is 1. The summed E-state index contributed by atoms with van der Waals surface area (Å²) < 4.78 is 19.0. The van der Waals surface area contributed by atoms with Crippen LogP contribution in [-0.4, -0.2) is 46.0 Å². The Kier molecular flexibility index (Phi) is 6.18. The molecule has 1 aliphatic heterocycles. The molecule has 1 aromatic carbocycles. The monoisotopic (exact) mass is 483 g/mol. The molecule has 10 heteroatoms. The summed E-state index contributed by atoms with van der Waals surface area (Å²) in [5, 5.41) is 7.53. The summed E-state index contributed by atoms with van der Waals surface area (Å²) in [5.41, 5.74) is 7.64. The summed E-state index contributed by atoms with van der Waals surface area (Å²) in [5.74, 6) is -0.210. The topological polar surface area (TPSA) is 114 Å². The van der Waals surface area contributed by atoms with Gasteiger partial charge in [-0.2, -0.15) is 4.98 Å². The van der Waals surface area contributed by atoms with Crippen molar-refractivity contribution in [1.82, 2.24) is 15.0 Å². The Bertz CT molecular complexity index is 1240. The van der Waals surface area contributed by atoms with Crippen LogP contribution < -0.4 is 11.1 Å². The second-order valence-corrected chi connectivity index (χ2v) is 10.00. The van der Waals surface area contributed by atoms with Gasteiger partial charge in [0, 0.05) is 17.0 Å². The van der Waals surface area contributed by atoms with Crippen LogP contribution in [0.3, 0.4) is 0 Å². The quantitative estimate of drug-likeness (QED) is 0.552. The number of likely N-dealkylation sites (tertiary alicyclic amines) is 1. The first-order valence-electron chi connectivity index (χ1n) is 11.5. The lowest BCUT2D eigenvalue weighted by atomic mass is 9.96. The lowest BCUT2D eigenvalue weighted by Crippen LogP contribution is -2.46. The molecule has 8 nitrogen and oxygen atoms in total. The van der Waals surface area contributed by atoms with E-state index in [1.807, 2.05) is 6.92 Å². The molecule has 178 valence electrons. The smallest absolute Gasteiger partial charge is 0.251 e. The van der Waals surface area contributed by atoms with Gasteiger partial charge in [-0.1, -0.05) is 17.3 Å². The number of hydrogen-bond donors (Lipinski definition) is 2. The molecule has 2 atom stereocenters. The van der Waals surface area contributed by atoms with Gasteiger partial charge in [0.25, 0.3) is 5.91 Å². The normalized spacial score (nSPS) is 19.1. The molecule has 1 aliphatic carbocycles. The van der Waals surface area contributed by atoms with E-state index in [9.17, 15) is 14.0 Å².